The molecule has 0 aliphatic carbocycles. The molecule has 110 valence electrons. The number of carbonyl (C=O) groups is 1. The van der Waals surface area contributed by atoms with Crippen LogP contribution in [0.25, 0.3) is 0 Å². The van der Waals surface area contributed by atoms with Crippen molar-refractivity contribution in [2.24, 2.45) is 0 Å². The minimum atomic E-state index is -0.293. The van der Waals surface area contributed by atoms with Gasteiger partial charge < -0.3 is 16.0 Å². The molecular weight excluding hydrogens is 286 g/mol. The highest BCUT2D eigenvalue weighted by Crippen LogP contribution is 2.20. The Morgan fingerprint density at radius 1 is 1.14 bits per heavy atom. The Morgan fingerprint density at radius 3 is 2.62 bits per heavy atom. The molecule has 0 spiro atoms. The summed E-state index contributed by atoms with van der Waals surface area (Å²) in [5.41, 5.74) is 3.44. The van der Waals surface area contributed by atoms with E-state index < -0.39 is 0 Å². The number of hydrogen-bond donors (Lipinski definition) is 3. The Morgan fingerprint density at radius 2 is 1.90 bits per heavy atom. The van der Waals surface area contributed by atoms with Crippen molar-refractivity contribution in [3.63, 3.8) is 0 Å². The monoisotopic (exact) mass is 303 g/mol. The van der Waals surface area contributed by atoms with Crippen LogP contribution in [0.2, 0.25) is 5.02 Å². The van der Waals surface area contributed by atoms with Crippen molar-refractivity contribution in [1.82, 2.24) is 5.32 Å². The first-order valence-corrected chi connectivity index (χ1v) is 7.04. The molecule has 21 heavy (non-hydrogen) atoms. The van der Waals surface area contributed by atoms with E-state index >= 15 is 0 Å². The van der Waals surface area contributed by atoms with Crippen LogP contribution in [0, 0.1) is 6.92 Å². The lowest BCUT2D eigenvalue weighted by molar-refractivity contribution is 0.262. The molecule has 0 radical (unpaired) electrons. The van der Waals surface area contributed by atoms with Crippen molar-refractivity contribution >= 4 is 29.0 Å². The molecule has 0 saturated carbocycles. The number of urea groups is 1. The van der Waals surface area contributed by atoms with Gasteiger partial charge >= 0.3 is 6.03 Å². The molecule has 0 aliphatic rings. The minimum absolute atomic E-state index is 0.293. The van der Waals surface area contributed by atoms with Crippen molar-refractivity contribution in [3.05, 3.63) is 58.6 Å². The lowest BCUT2D eigenvalue weighted by Crippen LogP contribution is -2.21. The fourth-order valence-corrected chi connectivity index (χ4v) is 2.12. The summed E-state index contributed by atoms with van der Waals surface area (Å²) in [6, 6.07) is 12.8. The second-order valence-electron chi connectivity index (χ2n) is 4.73. The molecule has 5 heteroatoms. The van der Waals surface area contributed by atoms with Gasteiger partial charge in [0, 0.05) is 22.9 Å². The van der Waals surface area contributed by atoms with Crippen molar-refractivity contribution in [3.8, 4) is 0 Å². The van der Waals surface area contributed by atoms with E-state index in [9.17, 15) is 4.79 Å². The molecule has 2 aromatic carbocycles. The normalized spacial score (nSPS) is 10.2. The highest BCUT2D eigenvalue weighted by atomic mass is 35.5. The van der Waals surface area contributed by atoms with E-state index in [0.717, 1.165) is 16.8 Å². The largest absolute Gasteiger partial charge is 0.323 e. The highest BCUT2D eigenvalue weighted by molar-refractivity contribution is 6.31. The molecule has 0 heterocycles. The molecule has 2 rings (SSSR count). The first kappa shape index (κ1) is 15.4. The van der Waals surface area contributed by atoms with Crippen LogP contribution in [0.3, 0.4) is 0 Å². The fraction of sp³-hybridized carbons (Fsp3) is 0.188. The van der Waals surface area contributed by atoms with Gasteiger partial charge in [-0.3, -0.25) is 0 Å². The maximum absolute atomic E-state index is 12.0. The second kappa shape index (κ2) is 7.11. The number of carbonyl (C=O) groups excluding carboxylic acids is 1. The molecule has 0 aromatic heterocycles. The third-order valence-corrected chi connectivity index (χ3v) is 3.47. The zero-order valence-electron chi connectivity index (χ0n) is 12.0. The molecule has 0 unspecified atom stereocenters. The third-order valence-electron chi connectivity index (χ3n) is 3.06. The molecule has 3 N–H and O–H groups in total. The van der Waals surface area contributed by atoms with E-state index in [1.807, 2.05) is 50.4 Å². The van der Waals surface area contributed by atoms with Crippen LogP contribution in [-0.2, 0) is 6.54 Å². The average molecular weight is 304 g/mol. The van der Waals surface area contributed by atoms with Gasteiger partial charge in [-0.15, -0.1) is 0 Å². The number of rotatable bonds is 4. The van der Waals surface area contributed by atoms with Crippen LogP contribution in [0.5, 0.6) is 0 Å². The van der Waals surface area contributed by atoms with E-state index in [0.29, 0.717) is 17.3 Å². The minimum Gasteiger partial charge on any atom is -0.316 e. The van der Waals surface area contributed by atoms with Crippen LogP contribution in [-0.4, -0.2) is 13.1 Å². The Labute approximate surface area is 129 Å². The standard InChI is InChI=1S/C16H18ClN3O/c1-11-7-8-13(9-14(11)17)19-16(21)20-15-6-4-3-5-12(15)10-18-2/h3-9,18H,10H2,1-2H3,(H2,19,20,21). The molecule has 2 aromatic rings. The number of benzene rings is 2. The molecule has 0 saturated heterocycles. The summed E-state index contributed by atoms with van der Waals surface area (Å²) in [4.78, 5) is 12.0. The summed E-state index contributed by atoms with van der Waals surface area (Å²) in [5, 5.41) is 9.32. The van der Waals surface area contributed by atoms with Crippen LogP contribution in [0.1, 0.15) is 11.1 Å². The molecule has 0 fully saturated rings. The van der Waals surface area contributed by atoms with Crippen molar-refractivity contribution in [1.29, 1.82) is 0 Å². The van der Waals surface area contributed by atoms with Crippen LogP contribution >= 0.6 is 11.6 Å². The van der Waals surface area contributed by atoms with Crippen molar-refractivity contribution < 1.29 is 4.79 Å². The Bertz CT molecular complexity index is 643. The van der Waals surface area contributed by atoms with E-state index in [2.05, 4.69) is 16.0 Å². The highest BCUT2D eigenvalue weighted by Gasteiger charge is 2.07. The van der Waals surface area contributed by atoms with Crippen LogP contribution < -0.4 is 16.0 Å². The Balaban J connectivity index is 2.06. The predicted molar refractivity (Wildman–Crippen MR) is 88.0 cm³/mol. The Kier molecular flexibility index (Phi) is 5.20. The topological polar surface area (TPSA) is 53.2 Å². The molecule has 0 bridgehead atoms. The number of amides is 2. The quantitative estimate of drug-likeness (QED) is 0.799. The number of nitrogens with one attached hydrogen (secondary N) is 3. The Hall–Kier alpha value is -2.04. The molecule has 0 atom stereocenters. The summed E-state index contributed by atoms with van der Waals surface area (Å²) in [6.07, 6.45) is 0. The maximum atomic E-state index is 12.0. The number of para-hydroxylation sites is 1. The maximum Gasteiger partial charge on any atom is 0.323 e. The van der Waals surface area contributed by atoms with E-state index in [-0.39, 0.29) is 6.03 Å². The summed E-state index contributed by atoms with van der Waals surface area (Å²) in [5.74, 6) is 0. The van der Waals surface area contributed by atoms with Gasteiger partial charge in [0.15, 0.2) is 0 Å². The van der Waals surface area contributed by atoms with Crippen LogP contribution in [0.4, 0.5) is 16.2 Å². The zero-order chi connectivity index (χ0) is 15.2. The second-order valence-corrected chi connectivity index (χ2v) is 5.14. The van der Waals surface area contributed by atoms with Gasteiger partial charge in [-0.05, 0) is 43.3 Å². The summed E-state index contributed by atoms with van der Waals surface area (Å²) in [6.45, 7) is 2.60. The molecule has 0 aliphatic heterocycles. The summed E-state index contributed by atoms with van der Waals surface area (Å²) >= 11 is 6.04. The van der Waals surface area contributed by atoms with Gasteiger partial charge in [0.1, 0.15) is 0 Å². The number of aryl methyl sites for hydroxylation is 1. The lowest BCUT2D eigenvalue weighted by atomic mass is 10.2. The van der Waals surface area contributed by atoms with E-state index in [1.165, 1.54) is 0 Å². The van der Waals surface area contributed by atoms with Crippen LogP contribution in [0.15, 0.2) is 42.5 Å². The van der Waals surface area contributed by atoms with Gasteiger partial charge in [-0.1, -0.05) is 35.9 Å². The third kappa shape index (κ3) is 4.21. The number of anilines is 2. The fourth-order valence-electron chi connectivity index (χ4n) is 1.94. The van der Waals surface area contributed by atoms with Gasteiger partial charge in [-0.2, -0.15) is 0 Å². The van der Waals surface area contributed by atoms with Crippen molar-refractivity contribution in [2.75, 3.05) is 17.7 Å². The first-order chi connectivity index (χ1) is 10.1. The lowest BCUT2D eigenvalue weighted by Gasteiger charge is -2.12. The van der Waals surface area contributed by atoms with Gasteiger partial charge in [0.25, 0.3) is 0 Å². The predicted octanol–water partition coefficient (Wildman–Crippen LogP) is 4.01. The molecule has 2 amide bonds. The van der Waals surface area contributed by atoms with Gasteiger partial charge in [0.05, 0.1) is 0 Å². The average Bonchev–Trinajstić information content (AvgIpc) is 2.45. The van der Waals surface area contributed by atoms with E-state index in [4.69, 9.17) is 11.6 Å². The smallest absolute Gasteiger partial charge is 0.316 e. The van der Waals surface area contributed by atoms with Gasteiger partial charge in [0.2, 0.25) is 0 Å². The SMILES string of the molecule is CNCc1ccccc1NC(=O)Nc1ccc(C)c(Cl)c1. The first-order valence-electron chi connectivity index (χ1n) is 6.67. The summed E-state index contributed by atoms with van der Waals surface area (Å²) in [7, 11) is 1.87. The van der Waals surface area contributed by atoms with E-state index in [1.54, 1.807) is 6.07 Å². The zero-order valence-corrected chi connectivity index (χ0v) is 12.8. The number of halogens is 1. The van der Waals surface area contributed by atoms with Gasteiger partial charge in [-0.25, -0.2) is 4.79 Å². The number of hydrogen-bond acceptors (Lipinski definition) is 2. The summed E-state index contributed by atoms with van der Waals surface area (Å²) < 4.78 is 0. The molecular formula is C16H18ClN3O. The molecule has 4 nitrogen and oxygen atoms in total. The van der Waals surface area contributed by atoms with Crippen molar-refractivity contribution in [2.45, 2.75) is 13.5 Å².